The Morgan fingerprint density at radius 3 is 2.62 bits per heavy atom. The van der Waals surface area contributed by atoms with Gasteiger partial charge >= 0.3 is 12.4 Å². The average Bonchev–Trinajstić information content (AvgIpc) is 3.20. The fraction of sp³-hybridized carbons (Fsp3) is 0.214. The first-order chi connectivity index (χ1) is 19.1. The average molecular weight is 577 g/mol. The second-order valence-corrected chi connectivity index (χ2v) is 9.58. The molecule has 0 bridgehead atoms. The van der Waals surface area contributed by atoms with E-state index in [1.54, 1.807) is 24.3 Å². The van der Waals surface area contributed by atoms with Crippen molar-refractivity contribution in [2.45, 2.75) is 25.9 Å². The Bertz CT molecular complexity index is 1580. The molecule has 0 saturated heterocycles. The van der Waals surface area contributed by atoms with Gasteiger partial charge < -0.3 is 10.1 Å². The van der Waals surface area contributed by atoms with Crippen LogP contribution in [0, 0.1) is 11.6 Å². The second-order valence-electron chi connectivity index (χ2n) is 9.19. The zero-order valence-corrected chi connectivity index (χ0v) is 21.6. The highest BCUT2D eigenvalue weighted by molar-refractivity contribution is 6.29. The third-order valence-electron chi connectivity index (χ3n) is 6.49. The largest absolute Gasteiger partial charge is 0.573 e. The van der Waals surface area contributed by atoms with Crippen LogP contribution in [-0.4, -0.2) is 39.9 Å². The minimum atomic E-state index is -5.11. The third kappa shape index (κ3) is 6.26. The van der Waals surface area contributed by atoms with Gasteiger partial charge in [0.2, 0.25) is 0 Å². The highest BCUT2D eigenvalue weighted by atomic mass is 35.5. The van der Waals surface area contributed by atoms with Gasteiger partial charge in [-0.05, 0) is 47.0 Å². The summed E-state index contributed by atoms with van der Waals surface area (Å²) in [4.78, 5) is 19.3. The lowest BCUT2D eigenvalue weighted by Gasteiger charge is -2.27. The van der Waals surface area contributed by atoms with Gasteiger partial charge in [-0.1, -0.05) is 35.9 Å². The van der Waals surface area contributed by atoms with Crippen LogP contribution in [0.1, 0.15) is 22.4 Å². The highest BCUT2D eigenvalue weighted by Gasteiger charge is 2.34. The smallest absolute Gasteiger partial charge is 0.403 e. The number of pyridine rings is 1. The maximum Gasteiger partial charge on any atom is 0.573 e. The summed E-state index contributed by atoms with van der Waals surface area (Å²) in [5.41, 5.74) is 2.80. The van der Waals surface area contributed by atoms with Crippen LogP contribution >= 0.6 is 11.6 Å². The monoisotopic (exact) mass is 576 g/mol. The fourth-order valence-corrected chi connectivity index (χ4v) is 4.92. The predicted molar refractivity (Wildman–Crippen MR) is 140 cm³/mol. The molecule has 0 fully saturated rings. The number of nitrogens with one attached hydrogen (secondary N) is 1. The molecular weight excluding hydrogens is 555 g/mol. The van der Waals surface area contributed by atoms with Crippen molar-refractivity contribution in [2.75, 3.05) is 13.1 Å². The zero-order valence-electron chi connectivity index (χ0n) is 20.8. The summed E-state index contributed by atoms with van der Waals surface area (Å²) in [7, 11) is 0. The standard InChI is InChI=1S/C28H22ClF5N4O2/c29-26-12-18(7-9-35-26)15-36-27(39)38-23-8-11-37(10-1-2-17-3-5-19(30)6-4-17)16-21(23)20-13-22(31)25(14-24(20)38)40-28(32,33)34/h1-7,9,12-14H,8,10-11,15-16H2,(H,36,39)/b2-1+. The summed E-state index contributed by atoms with van der Waals surface area (Å²) in [6.45, 7) is 1.47. The lowest BCUT2D eigenvalue weighted by molar-refractivity contribution is -0.275. The van der Waals surface area contributed by atoms with E-state index >= 15 is 0 Å². The molecule has 3 heterocycles. The number of halogens is 6. The van der Waals surface area contributed by atoms with E-state index in [1.165, 1.54) is 22.9 Å². The highest BCUT2D eigenvalue weighted by Crippen LogP contribution is 2.36. The van der Waals surface area contributed by atoms with Gasteiger partial charge in [-0.25, -0.2) is 18.6 Å². The number of rotatable bonds is 6. The van der Waals surface area contributed by atoms with Gasteiger partial charge in [0.05, 0.1) is 5.52 Å². The van der Waals surface area contributed by atoms with Gasteiger partial charge in [-0.2, -0.15) is 0 Å². The molecule has 0 spiro atoms. The number of amides is 1. The minimum Gasteiger partial charge on any atom is -0.403 e. The van der Waals surface area contributed by atoms with Gasteiger partial charge in [-0.3, -0.25) is 9.47 Å². The molecule has 5 rings (SSSR count). The van der Waals surface area contributed by atoms with Crippen LogP contribution in [0.25, 0.3) is 17.0 Å². The van der Waals surface area contributed by atoms with E-state index in [1.807, 2.05) is 12.2 Å². The summed E-state index contributed by atoms with van der Waals surface area (Å²) in [5.74, 6) is -2.55. The number of alkyl halides is 3. The number of ether oxygens (including phenoxy) is 1. The summed E-state index contributed by atoms with van der Waals surface area (Å²) in [6, 6.07) is 10.5. The van der Waals surface area contributed by atoms with Crippen molar-refractivity contribution in [2.24, 2.45) is 0 Å². The molecule has 1 N–H and O–H groups in total. The molecule has 0 aliphatic carbocycles. The van der Waals surface area contributed by atoms with E-state index in [-0.39, 0.29) is 23.0 Å². The van der Waals surface area contributed by atoms with E-state index in [0.29, 0.717) is 48.3 Å². The van der Waals surface area contributed by atoms with Crippen molar-refractivity contribution in [3.63, 3.8) is 0 Å². The molecule has 2 aromatic heterocycles. The van der Waals surface area contributed by atoms with Crippen LogP contribution < -0.4 is 10.1 Å². The van der Waals surface area contributed by atoms with Gasteiger partial charge in [0.15, 0.2) is 11.6 Å². The van der Waals surface area contributed by atoms with Crippen molar-refractivity contribution in [1.29, 1.82) is 0 Å². The summed E-state index contributed by atoms with van der Waals surface area (Å²) < 4.78 is 71.9. The normalized spacial score (nSPS) is 14.1. The maximum absolute atomic E-state index is 14.7. The SMILES string of the molecule is O=C(NCc1ccnc(Cl)c1)n1c2c(c3cc(F)c(OC(F)(F)F)cc31)CN(C/C=C/c1ccc(F)cc1)CC2. The molecule has 2 aromatic carbocycles. The minimum absolute atomic E-state index is 0.0862. The lowest BCUT2D eigenvalue weighted by Crippen LogP contribution is -2.34. The molecule has 1 aliphatic rings. The number of nitrogens with zero attached hydrogens (tertiary/aromatic N) is 3. The molecular formula is C28H22ClF5N4O2. The van der Waals surface area contributed by atoms with Crippen LogP contribution in [0.2, 0.25) is 5.15 Å². The molecule has 1 amide bonds. The Balaban J connectivity index is 1.45. The molecule has 208 valence electrons. The first kappa shape index (κ1) is 27.6. The van der Waals surface area contributed by atoms with Crippen molar-refractivity contribution in [1.82, 2.24) is 19.8 Å². The van der Waals surface area contributed by atoms with E-state index in [0.717, 1.165) is 17.7 Å². The first-order valence-electron chi connectivity index (χ1n) is 12.2. The van der Waals surface area contributed by atoms with Crippen LogP contribution in [-0.2, 0) is 19.5 Å². The summed E-state index contributed by atoms with van der Waals surface area (Å²) >= 11 is 5.91. The van der Waals surface area contributed by atoms with Crippen molar-refractivity contribution < 1.29 is 31.5 Å². The molecule has 6 nitrogen and oxygen atoms in total. The number of carbonyl (C=O) groups is 1. The van der Waals surface area contributed by atoms with Crippen molar-refractivity contribution in [3.05, 3.63) is 100.0 Å². The number of fused-ring (bicyclic) bond motifs is 3. The molecule has 0 saturated carbocycles. The summed E-state index contributed by atoms with van der Waals surface area (Å²) in [6.07, 6.45) is 0.513. The topological polar surface area (TPSA) is 59.4 Å². The Kier molecular flexibility index (Phi) is 7.77. The Hall–Kier alpha value is -3.96. The molecule has 4 aromatic rings. The third-order valence-corrected chi connectivity index (χ3v) is 6.70. The predicted octanol–water partition coefficient (Wildman–Crippen LogP) is 6.70. The first-order valence-corrected chi connectivity index (χ1v) is 12.6. The summed E-state index contributed by atoms with van der Waals surface area (Å²) in [5, 5.41) is 3.31. The molecule has 0 unspecified atom stereocenters. The maximum atomic E-state index is 14.7. The van der Waals surface area contributed by atoms with E-state index in [4.69, 9.17) is 11.6 Å². The quantitative estimate of drug-likeness (QED) is 0.205. The van der Waals surface area contributed by atoms with E-state index < -0.39 is 24.0 Å². The fourth-order valence-electron chi connectivity index (χ4n) is 4.72. The number of hydrogen-bond acceptors (Lipinski definition) is 4. The lowest BCUT2D eigenvalue weighted by atomic mass is 10.0. The van der Waals surface area contributed by atoms with Crippen LogP contribution in [0.15, 0.2) is 60.8 Å². The molecule has 0 radical (unpaired) electrons. The molecule has 12 heteroatoms. The number of hydrogen-bond donors (Lipinski definition) is 1. The van der Waals surface area contributed by atoms with Gasteiger partial charge in [0.1, 0.15) is 11.0 Å². The van der Waals surface area contributed by atoms with Gasteiger partial charge in [0, 0.05) is 55.9 Å². The molecule has 0 atom stereocenters. The number of benzene rings is 2. The van der Waals surface area contributed by atoms with E-state index in [9.17, 15) is 26.7 Å². The molecule has 40 heavy (non-hydrogen) atoms. The van der Waals surface area contributed by atoms with Crippen LogP contribution in [0.4, 0.5) is 26.7 Å². The number of aromatic nitrogens is 2. The zero-order chi connectivity index (χ0) is 28.4. The van der Waals surface area contributed by atoms with Crippen molar-refractivity contribution in [3.8, 4) is 5.75 Å². The second kappa shape index (κ2) is 11.3. The van der Waals surface area contributed by atoms with Gasteiger partial charge in [0.25, 0.3) is 0 Å². The van der Waals surface area contributed by atoms with Gasteiger partial charge in [-0.15, -0.1) is 13.2 Å². The van der Waals surface area contributed by atoms with Crippen LogP contribution in [0.3, 0.4) is 0 Å². The molecule has 1 aliphatic heterocycles. The Labute approximate surface area is 230 Å². The Morgan fingerprint density at radius 1 is 1.12 bits per heavy atom. The van der Waals surface area contributed by atoms with Crippen molar-refractivity contribution >= 4 is 34.6 Å². The van der Waals surface area contributed by atoms with E-state index in [2.05, 4.69) is 19.9 Å². The number of carbonyl (C=O) groups excluding carboxylic acids is 1. The Morgan fingerprint density at radius 2 is 1.90 bits per heavy atom. The van der Waals surface area contributed by atoms with Crippen LogP contribution in [0.5, 0.6) is 5.75 Å².